The van der Waals surface area contributed by atoms with Crippen molar-refractivity contribution >= 4 is 72.7 Å². The van der Waals surface area contributed by atoms with Gasteiger partial charge in [0.2, 0.25) is 0 Å². The lowest BCUT2D eigenvalue weighted by atomic mass is 10.1. The van der Waals surface area contributed by atoms with Crippen LogP contribution in [0.3, 0.4) is 0 Å². The second-order valence-corrected chi connectivity index (χ2v) is 9.73. The predicted molar refractivity (Wildman–Crippen MR) is 143 cm³/mol. The van der Waals surface area contributed by atoms with Gasteiger partial charge in [-0.1, -0.05) is 35.3 Å². The van der Waals surface area contributed by atoms with Crippen molar-refractivity contribution in [3.63, 3.8) is 0 Å². The van der Waals surface area contributed by atoms with Gasteiger partial charge in [-0.2, -0.15) is 5.26 Å². The molecule has 1 N–H and O–H groups in total. The maximum Gasteiger partial charge on any atom is 0.266 e. The SMILES string of the molecule is COc1cc(/C=C(\C#N)C(=O)Nc2c(Br)cc(C)cc2Br)cc(Cl)c1OCc1ccc(Cl)cc1. The molecule has 0 saturated heterocycles. The Hall–Kier alpha value is -2.50. The molecular weight excluding hydrogens is 607 g/mol. The van der Waals surface area contributed by atoms with E-state index in [1.54, 1.807) is 24.3 Å². The molecule has 9 heteroatoms. The third kappa shape index (κ3) is 6.55. The first-order valence-electron chi connectivity index (χ1n) is 9.85. The summed E-state index contributed by atoms with van der Waals surface area (Å²) in [7, 11) is 1.48. The Balaban J connectivity index is 1.84. The molecule has 0 saturated carbocycles. The second-order valence-electron chi connectivity index (χ2n) is 7.18. The minimum atomic E-state index is -0.564. The largest absolute Gasteiger partial charge is 0.493 e. The van der Waals surface area contributed by atoms with Crippen LogP contribution in [0.25, 0.3) is 6.08 Å². The molecule has 3 rings (SSSR count). The van der Waals surface area contributed by atoms with Crippen LogP contribution in [0.15, 0.2) is 63.0 Å². The zero-order valence-corrected chi connectivity index (χ0v) is 22.8. The number of halogens is 4. The fraction of sp³-hybridized carbons (Fsp3) is 0.120. The highest BCUT2D eigenvalue weighted by Crippen LogP contribution is 2.38. The molecule has 3 aromatic rings. The van der Waals surface area contributed by atoms with Crippen LogP contribution >= 0.6 is 55.1 Å². The van der Waals surface area contributed by atoms with Crippen molar-refractivity contribution in [1.82, 2.24) is 0 Å². The van der Waals surface area contributed by atoms with Crippen molar-refractivity contribution in [2.24, 2.45) is 0 Å². The normalized spacial score (nSPS) is 11.0. The van der Waals surface area contributed by atoms with Crippen molar-refractivity contribution in [1.29, 1.82) is 5.26 Å². The van der Waals surface area contributed by atoms with Crippen LogP contribution in [-0.4, -0.2) is 13.0 Å². The lowest BCUT2D eigenvalue weighted by Crippen LogP contribution is -2.14. The van der Waals surface area contributed by atoms with E-state index in [9.17, 15) is 10.1 Å². The Morgan fingerprint density at radius 3 is 2.35 bits per heavy atom. The van der Waals surface area contributed by atoms with E-state index >= 15 is 0 Å². The quantitative estimate of drug-likeness (QED) is 0.214. The van der Waals surface area contributed by atoms with E-state index < -0.39 is 5.91 Å². The summed E-state index contributed by atoms with van der Waals surface area (Å²) in [6.07, 6.45) is 1.43. The summed E-state index contributed by atoms with van der Waals surface area (Å²) in [4.78, 5) is 12.8. The van der Waals surface area contributed by atoms with E-state index in [2.05, 4.69) is 37.2 Å². The molecule has 0 radical (unpaired) electrons. The van der Waals surface area contributed by atoms with Gasteiger partial charge in [-0.3, -0.25) is 4.79 Å². The number of nitrogens with one attached hydrogen (secondary N) is 1. The van der Waals surface area contributed by atoms with E-state index in [0.29, 0.717) is 36.7 Å². The molecule has 0 aliphatic heterocycles. The van der Waals surface area contributed by atoms with Crippen LogP contribution in [0.4, 0.5) is 5.69 Å². The Morgan fingerprint density at radius 2 is 1.76 bits per heavy atom. The topological polar surface area (TPSA) is 71.3 Å². The Morgan fingerprint density at radius 1 is 1.12 bits per heavy atom. The van der Waals surface area contributed by atoms with Gasteiger partial charge in [-0.05, 0) is 97.9 Å². The molecule has 34 heavy (non-hydrogen) atoms. The molecule has 0 atom stereocenters. The molecule has 0 unspecified atom stereocenters. The molecule has 5 nitrogen and oxygen atoms in total. The number of nitriles is 1. The van der Waals surface area contributed by atoms with E-state index in [0.717, 1.165) is 11.1 Å². The zero-order valence-electron chi connectivity index (χ0n) is 18.1. The van der Waals surface area contributed by atoms with Crippen LogP contribution in [-0.2, 0) is 11.4 Å². The number of amides is 1. The average molecular weight is 625 g/mol. The maximum absolute atomic E-state index is 12.8. The Labute approximate surface area is 224 Å². The highest BCUT2D eigenvalue weighted by Gasteiger charge is 2.16. The minimum absolute atomic E-state index is 0.104. The number of nitrogens with zero attached hydrogens (tertiary/aromatic N) is 1. The van der Waals surface area contributed by atoms with Crippen molar-refractivity contribution in [3.05, 3.63) is 89.8 Å². The summed E-state index contributed by atoms with van der Waals surface area (Å²) < 4.78 is 12.7. The number of methoxy groups -OCH3 is 1. The van der Waals surface area contributed by atoms with E-state index in [-0.39, 0.29) is 17.2 Å². The van der Waals surface area contributed by atoms with Crippen LogP contribution in [0.1, 0.15) is 16.7 Å². The first kappa shape index (κ1) is 26.1. The Bertz CT molecular complexity index is 1280. The maximum atomic E-state index is 12.8. The van der Waals surface area contributed by atoms with Gasteiger partial charge in [-0.15, -0.1) is 0 Å². The molecule has 0 aromatic heterocycles. The third-order valence-corrected chi connectivity index (χ3v) is 6.43. The van der Waals surface area contributed by atoms with E-state index in [1.807, 2.05) is 37.3 Å². The molecule has 0 bridgehead atoms. The Kier molecular flexibility index (Phi) is 9.03. The number of ether oxygens (including phenoxy) is 2. The molecule has 0 fully saturated rings. The number of aryl methyl sites for hydroxylation is 1. The van der Waals surface area contributed by atoms with Crippen LogP contribution in [0.2, 0.25) is 10.0 Å². The van der Waals surface area contributed by atoms with Gasteiger partial charge in [0.15, 0.2) is 11.5 Å². The molecule has 174 valence electrons. The minimum Gasteiger partial charge on any atom is -0.493 e. The fourth-order valence-corrected chi connectivity index (χ4v) is 5.03. The average Bonchev–Trinajstić information content (AvgIpc) is 2.79. The smallest absolute Gasteiger partial charge is 0.266 e. The summed E-state index contributed by atoms with van der Waals surface area (Å²) in [6, 6.07) is 16.2. The van der Waals surface area contributed by atoms with Crippen molar-refractivity contribution < 1.29 is 14.3 Å². The molecule has 0 aliphatic carbocycles. The van der Waals surface area contributed by atoms with E-state index in [1.165, 1.54) is 13.2 Å². The summed E-state index contributed by atoms with van der Waals surface area (Å²) in [6.45, 7) is 2.19. The molecule has 3 aromatic carbocycles. The number of benzene rings is 3. The van der Waals surface area contributed by atoms with Crippen LogP contribution in [0.5, 0.6) is 11.5 Å². The first-order chi connectivity index (χ1) is 16.2. The summed E-state index contributed by atoms with van der Waals surface area (Å²) in [5.41, 5.74) is 2.84. The molecule has 0 aliphatic rings. The number of anilines is 1. The van der Waals surface area contributed by atoms with Gasteiger partial charge in [0.1, 0.15) is 18.2 Å². The van der Waals surface area contributed by atoms with Crippen LogP contribution < -0.4 is 14.8 Å². The standard InChI is InChI=1S/C25H18Br2Cl2N2O3/c1-14-7-19(26)23(20(27)8-14)31-25(32)17(12-30)9-16-10-21(29)24(22(11-16)33-2)34-13-15-3-5-18(28)6-4-15/h3-11H,13H2,1-2H3,(H,31,32)/b17-9+. The summed E-state index contributed by atoms with van der Waals surface area (Å²) >= 11 is 19.2. The van der Waals surface area contributed by atoms with Crippen LogP contribution in [0, 0.1) is 18.3 Å². The lowest BCUT2D eigenvalue weighted by molar-refractivity contribution is -0.112. The van der Waals surface area contributed by atoms with Gasteiger partial charge in [-0.25, -0.2) is 0 Å². The van der Waals surface area contributed by atoms with Crippen molar-refractivity contribution in [3.8, 4) is 17.6 Å². The van der Waals surface area contributed by atoms with Crippen molar-refractivity contribution in [2.45, 2.75) is 13.5 Å². The van der Waals surface area contributed by atoms with Gasteiger partial charge in [0.05, 0.1) is 17.8 Å². The molecule has 0 heterocycles. The number of carbonyl (C=O) groups excluding carboxylic acids is 1. The van der Waals surface area contributed by atoms with E-state index in [4.69, 9.17) is 32.7 Å². The highest BCUT2D eigenvalue weighted by atomic mass is 79.9. The number of hydrogen-bond donors (Lipinski definition) is 1. The van der Waals surface area contributed by atoms with Gasteiger partial charge < -0.3 is 14.8 Å². The number of carbonyl (C=O) groups is 1. The summed E-state index contributed by atoms with van der Waals surface area (Å²) in [5.74, 6) is 0.159. The molecule has 0 spiro atoms. The fourth-order valence-electron chi connectivity index (χ4n) is 3.01. The molecular formula is C25H18Br2Cl2N2O3. The van der Waals surface area contributed by atoms with Gasteiger partial charge in [0.25, 0.3) is 5.91 Å². The van der Waals surface area contributed by atoms with Gasteiger partial charge >= 0.3 is 0 Å². The number of hydrogen-bond acceptors (Lipinski definition) is 4. The summed E-state index contributed by atoms with van der Waals surface area (Å²) in [5, 5.41) is 13.3. The first-order valence-corrected chi connectivity index (χ1v) is 12.2. The second kappa shape index (κ2) is 11.8. The zero-order chi connectivity index (χ0) is 24.8. The van der Waals surface area contributed by atoms with Crippen molar-refractivity contribution in [2.75, 3.05) is 12.4 Å². The lowest BCUT2D eigenvalue weighted by Gasteiger charge is -2.14. The third-order valence-electron chi connectivity index (χ3n) is 4.65. The molecule has 1 amide bonds. The number of rotatable bonds is 7. The van der Waals surface area contributed by atoms with Gasteiger partial charge in [0, 0.05) is 14.0 Å². The monoisotopic (exact) mass is 622 g/mol. The highest BCUT2D eigenvalue weighted by molar-refractivity contribution is 9.11. The predicted octanol–water partition coefficient (Wildman–Crippen LogP) is 7.96.